The molecule has 18 heavy (non-hydrogen) atoms. The molecule has 0 aliphatic rings. The zero-order valence-electron chi connectivity index (χ0n) is 9.70. The van der Waals surface area contributed by atoms with Crippen molar-refractivity contribution in [1.82, 2.24) is 10.1 Å². The Labute approximate surface area is 106 Å². The Hall–Kier alpha value is -2.01. The average Bonchev–Trinajstić information content (AvgIpc) is 2.82. The molecule has 0 bridgehead atoms. The summed E-state index contributed by atoms with van der Waals surface area (Å²) < 4.78 is 10.1. The van der Waals surface area contributed by atoms with E-state index in [-0.39, 0.29) is 0 Å². The van der Waals surface area contributed by atoms with Gasteiger partial charge < -0.3 is 8.94 Å². The number of aromatic nitrogens is 2. The molecule has 6 heteroatoms. The summed E-state index contributed by atoms with van der Waals surface area (Å²) in [6.07, 6.45) is 0. The number of rotatable bonds is 1. The van der Waals surface area contributed by atoms with Gasteiger partial charge in [-0.15, -0.1) is 0 Å². The minimum atomic E-state index is -0.525. The van der Waals surface area contributed by atoms with Crippen LogP contribution in [0.15, 0.2) is 25.9 Å². The number of H-pyrrole nitrogens is 1. The summed E-state index contributed by atoms with van der Waals surface area (Å²) >= 11 is 6.09. The maximum Gasteiger partial charge on any atom is 0.417 e. The van der Waals surface area contributed by atoms with Crippen LogP contribution in [0.3, 0.4) is 0 Å². The van der Waals surface area contributed by atoms with E-state index >= 15 is 0 Å². The number of hydrogen-bond acceptors (Lipinski definition) is 4. The molecule has 0 aliphatic carbocycles. The van der Waals surface area contributed by atoms with Gasteiger partial charge in [0.15, 0.2) is 5.58 Å². The van der Waals surface area contributed by atoms with Gasteiger partial charge in [0, 0.05) is 5.56 Å². The van der Waals surface area contributed by atoms with E-state index in [4.69, 9.17) is 20.5 Å². The molecule has 0 fully saturated rings. The van der Waals surface area contributed by atoms with Crippen molar-refractivity contribution in [3.63, 3.8) is 0 Å². The molecule has 3 rings (SSSR count). The first kappa shape index (κ1) is 11.1. The van der Waals surface area contributed by atoms with Gasteiger partial charge in [0.2, 0.25) is 0 Å². The third-order valence-corrected chi connectivity index (χ3v) is 3.08. The second-order valence-corrected chi connectivity index (χ2v) is 4.46. The van der Waals surface area contributed by atoms with Crippen molar-refractivity contribution < 1.29 is 8.94 Å². The first-order chi connectivity index (χ1) is 8.56. The minimum Gasteiger partial charge on any atom is -0.406 e. The molecule has 0 unspecified atom stereocenters. The van der Waals surface area contributed by atoms with Gasteiger partial charge in [0.1, 0.15) is 5.76 Å². The molecule has 2 heterocycles. The van der Waals surface area contributed by atoms with Gasteiger partial charge in [-0.05, 0) is 31.5 Å². The number of nitrogens with one attached hydrogen (secondary N) is 1. The summed E-state index contributed by atoms with van der Waals surface area (Å²) in [6, 6.07) is 3.52. The molecule has 0 atom stereocenters. The van der Waals surface area contributed by atoms with Crippen LogP contribution in [0.2, 0.25) is 5.02 Å². The van der Waals surface area contributed by atoms with Gasteiger partial charge in [0.25, 0.3) is 0 Å². The molecular weight excluding hydrogens is 256 g/mol. The van der Waals surface area contributed by atoms with Crippen LogP contribution < -0.4 is 5.76 Å². The van der Waals surface area contributed by atoms with Crippen molar-refractivity contribution in [1.29, 1.82) is 0 Å². The molecule has 0 saturated heterocycles. The number of nitrogens with zero attached hydrogens (tertiary/aromatic N) is 1. The highest BCUT2D eigenvalue weighted by atomic mass is 35.5. The van der Waals surface area contributed by atoms with Crippen LogP contribution in [0.1, 0.15) is 11.5 Å². The molecule has 0 saturated carbocycles. The predicted molar refractivity (Wildman–Crippen MR) is 66.8 cm³/mol. The lowest BCUT2D eigenvalue weighted by molar-refractivity contribution is 0.393. The molecular formula is C12H9ClN2O3. The largest absolute Gasteiger partial charge is 0.417 e. The molecule has 1 aromatic carbocycles. The van der Waals surface area contributed by atoms with Crippen LogP contribution in [-0.4, -0.2) is 10.1 Å². The minimum absolute atomic E-state index is 0.358. The van der Waals surface area contributed by atoms with Crippen LogP contribution in [0.5, 0.6) is 0 Å². The molecule has 0 amide bonds. The van der Waals surface area contributed by atoms with E-state index < -0.39 is 5.76 Å². The van der Waals surface area contributed by atoms with Crippen molar-refractivity contribution in [2.75, 3.05) is 0 Å². The number of aryl methyl sites for hydroxylation is 2. The lowest BCUT2D eigenvalue weighted by atomic mass is 10.0. The second-order valence-electron chi connectivity index (χ2n) is 4.05. The lowest BCUT2D eigenvalue weighted by Crippen LogP contribution is -1.92. The molecule has 92 valence electrons. The highest BCUT2D eigenvalue weighted by Crippen LogP contribution is 2.32. The fraction of sp³-hybridized carbons (Fsp3) is 0.167. The number of halogens is 1. The van der Waals surface area contributed by atoms with Crippen molar-refractivity contribution in [2.45, 2.75) is 13.8 Å². The van der Waals surface area contributed by atoms with E-state index in [0.717, 1.165) is 16.8 Å². The van der Waals surface area contributed by atoms with Gasteiger partial charge in [-0.25, -0.2) is 4.79 Å². The fourth-order valence-electron chi connectivity index (χ4n) is 2.06. The van der Waals surface area contributed by atoms with Crippen LogP contribution in [0, 0.1) is 13.8 Å². The molecule has 0 radical (unpaired) electrons. The Bertz CT molecular complexity index is 778. The SMILES string of the molecule is Cc1noc(C)c1-c1cc(Cl)c2oc(=O)[nH]c2c1. The van der Waals surface area contributed by atoms with Crippen molar-refractivity contribution >= 4 is 22.7 Å². The average molecular weight is 265 g/mol. The van der Waals surface area contributed by atoms with Gasteiger partial charge in [-0.3, -0.25) is 4.98 Å². The summed E-state index contributed by atoms with van der Waals surface area (Å²) in [7, 11) is 0. The Balaban J connectivity index is 2.34. The Morgan fingerprint density at radius 2 is 2.11 bits per heavy atom. The van der Waals surface area contributed by atoms with Gasteiger partial charge in [-0.1, -0.05) is 16.8 Å². The fourth-order valence-corrected chi connectivity index (χ4v) is 2.32. The van der Waals surface area contributed by atoms with Crippen LogP contribution in [0.25, 0.3) is 22.2 Å². The first-order valence-electron chi connectivity index (χ1n) is 5.32. The maximum absolute atomic E-state index is 11.2. The van der Waals surface area contributed by atoms with Crippen LogP contribution >= 0.6 is 11.6 Å². The van der Waals surface area contributed by atoms with E-state index in [9.17, 15) is 4.79 Å². The molecule has 0 aliphatic heterocycles. The van der Waals surface area contributed by atoms with Crippen molar-refractivity contribution in [3.8, 4) is 11.1 Å². The zero-order chi connectivity index (χ0) is 12.9. The number of fused-ring (bicyclic) bond motifs is 1. The summed E-state index contributed by atoms with van der Waals surface area (Å²) in [4.78, 5) is 13.7. The van der Waals surface area contributed by atoms with Crippen molar-refractivity contribution in [3.05, 3.63) is 39.2 Å². The van der Waals surface area contributed by atoms with E-state index in [1.807, 2.05) is 13.8 Å². The maximum atomic E-state index is 11.2. The monoisotopic (exact) mass is 264 g/mol. The Morgan fingerprint density at radius 3 is 2.78 bits per heavy atom. The summed E-state index contributed by atoms with van der Waals surface area (Å²) in [5.74, 6) is 0.177. The lowest BCUT2D eigenvalue weighted by Gasteiger charge is -2.01. The standard InChI is InChI=1S/C12H9ClN2O3/c1-5-10(6(2)18-15-5)7-3-8(13)11-9(4-7)14-12(16)17-11/h3-4H,1-2H3,(H,14,16). The highest BCUT2D eigenvalue weighted by molar-refractivity contribution is 6.35. The van der Waals surface area contributed by atoms with Gasteiger partial charge in [0.05, 0.1) is 16.2 Å². The number of benzene rings is 1. The number of oxazole rings is 1. The summed E-state index contributed by atoms with van der Waals surface area (Å²) in [5, 5.41) is 4.27. The van der Waals surface area contributed by atoms with E-state index in [2.05, 4.69) is 10.1 Å². The summed E-state index contributed by atoms with van der Waals surface area (Å²) in [6.45, 7) is 3.67. The zero-order valence-corrected chi connectivity index (χ0v) is 10.5. The molecule has 1 N–H and O–H groups in total. The van der Waals surface area contributed by atoms with E-state index in [1.165, 1.54) is 0 Å². The Kier molecular flexibility index (Phi) is 2.31. The quantitative estimate of drug-likeness (QED) is 0.733. The molecule has 2 aromatic heterocycles. The summed E-state index contributed by atoms with van der Waals surface area (Å²) in [5.41, 5.74) is 3.40. The topological polar surface area (TPSA) is 72.0 Å². The third-order valence-electron chi connectivity index (χ3n) is 2.80. The number of hydrogen-bond donors (Lipinski definition) is 1. The highest BCUT2D eigenvalue weighted by Gasteiger charge is 2.15. The Morgan fingerprint density at radius 1 is 1.33 bits per heavy atom. The predicted octanol–water partition coefficient (Wildman–Crippen LogP) is 3.05. The van der Waals surface area contributed by atoms with Gasteiger partial charge >= 0.3 is 5.76 Å². The van der Waals surface area contributed by atoms with E-state index in [0.29, 0.717) is 21.9 Å². The van der Waals surface area contributed by atoms with Crippen LogP contribution in [0.4, 0.5) is 0 Å². The smallest absolute Gasteiger partial charge is 0.406 e. The van der Waals surface area contributed by atoms with Crippen LogP contribution in [-0.2, 0) is 0 Å². The van der Waals surface area contributed by atoms with Gasteiger partial charge in [-0.2, -0.15) is 0 Å². The third kappa shape index (κ3) is 1.55. The van der Waals surface area contributed by atoms with E-state index in [1.54, 1.807) is 12.1 Å². The molecule has 0 spiro atoms. The molecule has 3 aromatic rings. The molecule has 5 nitrogen and oxygen atoms in total. The second kappa shape index (κ2) is 3.74. The van der Waals surface area contributed by atoms with Crippen molar-refractivity contribution in [2.24, 2.45) is 0 Å². The normalized spacial score (nSPS) is 11.3. The number of aromatic amines is 1. The first-order valence-corrected chi connectivity index (χ1v) is 5.69.